The highest BCUT2D eigenvalue weighted by molar-refractivity contribution is 7.22. The van der Waals surface area contributed by atoms with Gasteiger partial charge in [-0.05, 0) is 50.0 Å². The molecule has 3 aromatic rings. The molecule has 7 heteroatoms. The third-order valence-electron chi connectivity index (χ3n) is 5.47. The van der Waals surface area contributed by atoms with Gasteiger partial charge in [0.2, 0.25) is 0 Å². The van der Waals surface area contributed by atoms with Crippen molar-refractivity contribution < 1.29 is 9.47 Å². The second-order valence-electron chi connectivity index (χ2n) is 7.48. The first-order valence-electron chi connectivity index (χ1n) is 9.89. The van der Waals surface area contributed by atoms with Crippen molar-refractivity contribution in [3.05, 3.63) is 42.7 Å². The van der Waals surface area contributed by atoms with Crippen LogP contribution >= 0.6 is 11.3 Å². The van der Waals surface area contributed by atoms with Crippen LogP contribution in [0.15, 0.2) is 42.7 Å². The second-order valence-corrected chi connectivity index (χ2v) is 8.52. The molecule has 1 saturated heterocycles. The normalized spacial score (nSPS) is 20.4. The van der Waals surface area contributed by atoms with Crippen molar-refractivity contribution in [2.24, 2.45) is 5.92 Å². The molecule has 2 aromatic heterocycles. The van der Waals surface area contributed by atoms with Crippen LogP contribution in [-0.2, 0) is 0 Å². The largest absolute Gasteiger partial charge is 0.486 e. The Balaban J connectivity index is 1.08. The van der Waals surface area contributed by atoms with Crippen LogP contribution in [-0.4, -0.2) is 53.8 Å². The summed E-state index contributed by atoms with van der Waals surface area (Å²) in [6, 6.07) is 9.94. The van der Waals surface area contributed by atoms with Crippen LogP contribution in [0.4, 0.5) is 5.13 Å². The van der Waals surface area contributed by atoms with Gasteiger partial charge in [0.15, 0.2) is 16.6 Å². The Morgan fingerprint density at radius 2 is 2.00 bits per heavy atom. The summed E-state index contributed by atoms with van der Waals surface area (Å²) in [5.41, 5.74) is 0.973. The Bertz CT molecular complexity index is 906. The first kappa shape index (κ1) is 17.7. The molecule has 0 amide bonds. The maximum Gasteiger partial charge on any atom is 0.183 e. The summed E-state index contributed by atoms with van der Waals surface area (Å²) < 4.78 is 13.1. The summed E-state index contributed by atoms with van der Waals surface area (Å²) in [6.45, 7) is 4.76. The lowest BCUT2D eigenvalue weighted by Gasteiger charge is -2.35. The zero-order valence-electron chi connectivity index (χ0n) is 15.7. The van der Waals surface area contributed by atoms with Crippen LogP contribution in [0.1, 0.15) is 12.8 Å². The number of piperidine rings is 1. The summed E-state index contributed by atoms with van der Waals surface area (Å²) in [5, 5.41) is 4.52. The monoisotopic (exact) mass is 396 g/mol. The van der Waals surface area contributed by atoms with Gasteiger partial charge in [0, 0.05) is 19.3 Å². The SMILES string of the molecule is c1ccc2c(c1)OCC(CN1CCC(CNc3nc4cnccc4s3)CC1)O2. The number of pyridine rings is 1. The molecule has 0 spiro atoms. The quantitative estimate of drug-likeness (QED) is 0.710. The van der Waals surface area contributed by atoms with Gasteiger partial charge in [-0.2, -0.15) is 0 Å². The highest BCUT2D eigenvalue weighted by Crippen LogP contribution is 2.31. The highest BCUT2D eigenvalue weighted by Gasteiger charge is 2.26. The summed E-state index contributed by atoms with van der Waals surface area (Å²) in [7, 11) is 0. The minimum atomic E-state index is 0.112. The number of likely N-dealkylation sites (tertiary alicyclic amines) is 1. The van der Waals surface area contributed by atoms with E-state index in [9.17, 15) is 0 Å². The van der Waals surface area contributed by atoms with Gasteiger partial charge in [-0.15, -0.1) is 0 Å². The van der Waals surface area contributed by atoms with E-state index in [-0.39, 0.29) is 6.10 Å². The molecular formula is C21H24N4O2S. The Labute approximate surface area is 168 Å². The molecule has 1 N–H and O–H groups in total. The lowest BCUT2D eigenvalue weighted by Crippen LogP contribution is -2.44. The number of anilines is 1. The number of rotatable bonds is 5. The Hall–Kier alpha value is -2.38. The molecule has 0 radical (unpaired) electrons. The first-order valence-corrected chi connectivity index (χ1v) is 10.7. The lowest BCUT2D eigenvalue weighted by atomic mass is 9.96. The van der Waals surface area contributed by atoms with Crippen molar-refractivity contribution in [1.82, 2.24) is 14.9 Å². The second kappa shape index (κ2) is 7.93. The number of hydrogen-bond acceptors (Lipinski definition) is 7. The smallest absolute Gasteiger partial charge is 0.183 e. The Morgan fingerprint density at radius 3 is 2.86 bits per heavy atom. The third-order valence-corrected chi connectivity index (χ3v) is 6.46. The van der Waals surface area contributed by atoms with E-state index in [2.05, 4.69) is 20.2 Å². The van der Waals surface area contributed by atoms with Gasteiger partial charge in [-0.25, -0.2) is 4.98 Å². The van der Waals surface area contributed by atoms with Gasteiger partial charge >= 0.3 is 0 Å². The molecule has 1 atom stereocenters. The number of para-hydroxylation sites is 2. The number of ether oxygens (including phenoxy) is 2. The average Bonchev–Trinajstić information content (AvgIpc) is 3.16. The number of hydrogen-bond donors (Lipinski definition) is 1. The molecule has 4 heterocycles. The summed E-state index contributed by atoms with van der Waals surface area (Å²) >= 11 is 1.70. The van der Waals surface area contributed by atoms with E-state index in [0.717, 1.165) is 48.3 Å². The van der Waals surface area contributed by atoms with E-state index >= 15 is 0 Å². The number of nitrogens with one attached hydrogen (secondary N) is 1. The van der Waals surface area contributed by atoms with Crippen molar-refractivity contribution in [3.8, 4) is 11.5 Å². The molecule has 5 rings (SSSR count). The molecule has 1 aromatic carbocycles. The third kappa shape index (κ3) is 3.91. The molecule has 1 unspecified atom stereocenters. The van der Waals surface area contributed by atoms with Crippen LogP contribution in [0.3, 0.4) is 0 Å². The fraction of sp³-hybridized carbons (Fsp3) is 0.429. The fourth-order valence-electron chi connectivity index (χ4n) is 3.90. The average molecular weight is 397 g/mol. The number of thiazole rings is 1. The van der Waals surface area contributed by atoms with E-state index in [4.69, 9.17) is 9.47 Å². The lowest BCUT2D eigenvalue weighted by molar-refractivity contribution is 0.0485. The zero-order valence-corrected chi connectivity index (χ0v) is 16.5. The number of fused-ring (bicyclic) bond motifs is 2. The maximum atomic E-state index is 6.10. The highest BCUT2D eigenvalue weighted by atomic mass is 32.1. The van der Waals surface area contributed by atoms with Gasteiger partial charge in [-0.3, -0.25) is 9.88 Å². The van der Waals surface area contributed by atoms with Gasteiger partial charge in [0.25, 0.3) is 0 Å². The van der Waals surface area contributed by atoms with E-state index in [1.807, 2.05) is 42.7 Å². The van der Waals surface area contributed by atoms with Crippen LogP contribution in [0.25, 0.3) is 10.2 Å². The van der Waals surface area contributed by atoms with Crippen LogP contribution in [0.5, 0.6) is 11.5 Å². The molecule has 146 valence electrons. The number of benzene rings is 1. The molecule has 2 aliphatic heterocycles. The predicted octanol–water partition coefficient (Wildman–Crippen LogP) is 3.66. The summed E-state index contributed by atoms with van der Waals surface area (Å²) in [4.78, 5) is 11.3. The molecule has 2 aliphatic rings. The molecule has 1 fully saturated rings. The molecule has 0 aliphatic carbocycles. The maximum absolute atomic E-state index is 6.10. The van der Waals surface area contributed by atoms with Crippen molar-refractivity contribution >= 4 is 26.7 Å². The van der Waals surface area contributed by atoms with E-state index in [1.54, 1.807) is 11.3 Å². The summed E-state index contributed by atoms with van der Waals surface area (Å²) in [5.74, 6) is 2.41. The van der Waals surface area contributed by atoms with Crippen molar-refractivity contribution in [3.63, 3.8) is 0 Å². The topological polar surface area (TPSA) is 59.5 Å². The number of nitrogens with zero attached hydrogens (tertiary/aromatic N) is 3. The predicted molar refractivity (Wildman–Crippen MR) is 111 cm³/mol. The zero-order chi connectivity index (χ0) is 18.8. The molecule has 6 nitrogen and oxygen atoms in total. The van der Waals surface area contributed by atoms with Crippen molar-refractivity contribution in [2.75, 3.05) is 38.1 Å². The van der Waals surface area contributed by atoms with Crippen LogP contribution in [0, 0.1) is 5.92 Å². The molecule has 28 heavy (non-hydrogen) atoms. The molecule has 0 saturated carbocycles. The Kier molecular flexibility index (Phi) is 5.01. The standard InChI is InChI=1S/C21H24N4O2S/c1-2-4-19-18(3-1)26-14-16(27-19)13-25-9-6-15(7-10-25)11-23-21-24-17-12-22-8-5-20(17)28-21/h1-5,8,12,15-16H,6-7,9-11,13-14H2,(H,23,24). The van der Waals surface area contributed by atoms with E-state index in [1.165, 1.54) is 17.5 Å². The van der Waals surface area contributed by atoms with E-state index < -0.39 is 0 Å². The van der Waals surface area contributed by atoms with Gasteiger partial charge in [-0.1, -0.05) is 23.5 Å². The molecular weight excluding hydrogens is 372 g/mol. The summed E-state index contributed by atoms with van der Waals surface area (Å²) in [6.07, 6.45) is 6.15. The fourth-order valence-corrected chi connectivity index (χ4v) is 4.74. The number of aromatic nitrogens is 2. The van der Waals surface area contributed by atoms with Gasteiger partial charge in [0.1, 0.15) is 18.2 Å². The van der Waals surface area contributed by atoms with Crippen molar-refractivity contribution in [1.29, 1.82) is 0 Å². The minimum absolute atomic E-state index is 0.112. The van der Waals surface area contributed by atoms with E-state index in [0.29, 0.717) is 12.5 Å². The van der Waals surface area contributed by atoms with Gasteiger partial charge in [0.05, 0.1) is 10.9 Å². The van der Waals surface area contributed by atoms with Crippen LogP contribution < -0.4 is 14.8 Å². The Morgan fingerprint density at radius 1 is 1.14 bits per heavy atom. The minimum Gasteiger partial charge on any atom is -0.486 e. The first-order chi connectivity index (χ1) is 13.8. The van der Waals surface area contributed by atoms with Gasteiger partial charge < -0.3 is 14.8 Å². The molecule has 0 bridgehead atoms. The van der Waals surface area contributed by atoms with Crippen LogP contribution in [0.2, 0.25) is 0 Å². The van der Waals surface area contributed by atoms with Crippen molar-refractivity contribution in [2.45, 2.75) is 18.9 Å².